The van der Waals surface area contributed by atoms with Gasteiger partial charge in [-0.15, -0.1) is 0 Å². The molecular formula is C16H16N2O3. The number of aromatic nitrogens is 2. The fraction of sp³-hybridized carbons (Fsp3) is 0.250. The highest BCUT2D eigenvalue weighted by Gasteiger charge is 1.97. The summed E-state index contributed by atoms with van der Waals surface area (Å²) in [5.41, 5.74) is 0.733. The highest BCUT2D eigenvalue weighted by atomic mass is 16.5. The van der Waals surface area contributed by atoms with Gasteiger partial charge in [0.2, 0.25) is 0 Å². The lowest BCUT2D eigenvalue weighted by Gasteiger charge is -2.07. The van der Waals surface area contributed by atoms with Crippen molar-refractivity contribution in [1.82, 2.24) is 9.55 Å². The van der Waals surface area contributed by atoms with E-state index in [0.29, 0.717) is 25.3 Å². The van der Waals surface area contributed by atoms with Gasteiger partial charge in [0.15, 0.2) is 0 Å². The minimum absolute atomic E-state index is 0.0586. The SMILES string of the molecule is O=c1ccncn1CCOc1cccc(C#CCCO)c1. The second-order valence-corrected chi connectivity index (χ2v) is 4.26. The molecule has 0 aliphatic heterocycles. The van der Waals surface area contributed by atoms with Crippen LogP contribution in [0.4, 0.5) is 0 Å². The van der Waals surface area contributed by atoms with Crippen molar-refractivity contribution in [3.05, 3.63) is 58.8 Å². The summed E-state index contributed by atoms with van der Waals surface area (Å²) in [6, 6.07) is 8.81. The Bertz CT molecular complexity index is 698. The molecule has 0 aliphatic rings. The molecule has 1 N–H and O–H groups in total. The van der Waals surface area contributed by atoms with Gasteiger partial charge in [0, 0.05) is 24.2 Å². The number of aliphatic hydroxyl groups excluding tert-OH is 1. The Kier molecular flexibility index (Phi) is 5.56. The Morgan fingerprint density at radius 2 is 2.24 bits per heavy atom. The van der Waals surface area contributed by atoms with Gasteiger partial charge in [-0.1, -0.05) is 17.9 Å². The van der Waals surface area contributed by atoms with Crippen LogP contribution in [0.25, 0.3) is 0 Å². The molecule has 0 saturated heterocycles. The molecule has 108 valence electrons. The van der Waals surface area contributed by atoms with Gasteiger partial charge < -0.3 is 9.84 Å². The summed E-state index contributed by atoms with van der Waals surface area (Å²) < 4.78 is 7.10. The van der Waals surface area contributed by atoms with Gasteiger partial charge >= 0.3 is 0 Å². The number of ether oxygens (including phenoxy) is 1. The molecule has 5 nitrogen and oxygen atoms in total. The molecule has 2 rings (SSSR count). The first kappa shape index (κ1) is 14.8. The summed E-state index contributed by atoms with van der Waals surface area (Å²) >= 11 is 0. The monoisotopic (exact) mass is 284 g/mol. The van der Waals surface area contributed by atoms with Gasteiger partial charge in [0.05, 0.1) is 19.5 Å². The Hall–Kier alpha value is -2.58. The molecule has 0 spiro atoms. The summed E-state index contributed by atoms with van der Waals surface area (Å²) in [5, 5.41) is 8.69. The highest BCUT2D eigenvalue weighted by Crippen LogP contribution is 2.12. The second kappa shape index (κ2) is 7.88. The van der Waals surface area contributed by atoms with E-state index in [9.17, 15) is 4.79 Å². The molecule has 0 atom stereocenters. The fourth-order valence-electron chi connectivity index (χ4n) is 1.69. The zero-order valence-electron chi connectivity index (χ0n) is 11.5. The predicted octanol–water partition coefficient (Wildman–Crippen LogP) is 1.06. The number of nitrogens with zero attached hydrogens (tertiary/aromatic N) is 2. The van der Waals surface area contributed by atoms with E-state index in [0.717, 1.165) is 5.56 Å². The first-order chi connectivity index (χ1) is 10.3. The maximum atomic E-state index is 11.5. The van der Waals surface area contributed by atoms with Crippen molar-refractivity contribution in [3.63, 3.8) is 0 Å². The molecule has 0 radical (unpaired) electrons. The van der Waals surface area contributed by atoms with E-state index in [4.69, 9.17) is 9.84 Å². The van der Waals surface area contributed by atoms with E-state index in [-0.39, 0.29) is 12.2 Å². The van der Waals surface area contributed by atoms with E-state index in [1.54, 1.807) is 0 Å². The maximum Gasteiger partial charge on any atom is 0.253 e. The lowest BCUT2D eigenvalue weighted by atomic mass is 10.2. The molecule has 5 heteroatoms. The number of benzene rings is 1. The normalized spacial score (nSPS) is 9.76. The first-order valence-corrected chi connectivity index (χ1v) is 6.62. The van der Waals surface area contributed by atoms with Crippen LogP contribution >= 0.6 is 0 Å². The number of hydrogen-bond donors (Lipinski definition) is 1. The molecule has 1 aromatic carbocycles. The van der Waals surface area contributed by atoms with Gasteiger partial charge in [-0.3, -0.25) is 9.36 Å². The number of aliphatic hydroxyl groups is 1. The molecule has 0 fully saturated rings. The highest BCUT2D eigenvalue weighted by molar-refractivity contribution is 5.39. The third kappa shape index (κ3) is 4.79. The fourth-order valence-corrected chi connectivity index (χ4v) is 1.69. The Morgan fingerprint density at radius 3 is 3.05 bits per heavy atom. The summed E-state index contributed by atoms with van der Waals surface area (Å²) in [6.07, 6.45) is 3.41. The summed E-state index contributed by atoms with van der Waals surface area (Å²) in [5.74, 6) is 6.50. The molecule has 1 aromatic heterocycles. The van der Waals surface area contributed by atoms with Crippen molar-refractivity contribution < 1.29 is 9.84 Å². The van der Waals surface area contributed by atoms with Crippen molar-refractivity contribution in [2.45, 2.75) is 13.0 Å². The van der Waals surface area contributed by atoms with Crippen molar-refractivity contribution in [1.29, 1.82) is 0 Å². The molecule has 0 unspecified atom stereocenters. The Labute approximate surface area is 122 Å². The van der Waals surface area contributed by atoms with Crippen LogP contribution in [-0.2, 0) is 6.54 Å². The van der Waals surface area contributed by atoms with Crippen LogP contribution in [-0.4, -0.2) is 27.9 Å². The molecule has 2 aromatic rings. The van der Waals surface area contributed by atoms with Crippen LogP contribution in [0.3, 0.4) is 0 Å². The van der Waals surface area contributed by atoms with Gasteiger partial charge in [-0.25, -0.2) is 4.98 Å². The first-order valence-electron chi connectivity index (χ1n) is 6.62. The van der Waals surface area contributed by atoms with Crippen molar-refractivity contribution in [3.8, 4) is 17.6 Å². The van der Waals surface area contributed by atoms with Crippen molar-refractivity contribution in [2.24, 2.45) is 0 Å². The molecule has 21 heavy (non-hydrogen) atoms. The van der Waals surface area contributed by atoms with E-state index in [1.165, 1.54) is 23.2 Å². The lowest BCUT2D eigenvalue weighted by molar-refractivity contribution is 0.295. The van der Waals surface area contributed by atoms with E-state index in [2.05, 4.69) is 16.8 Å². The second-order valence-electron chi connectivity index (χ2n) is 4.26. The molecule has 0 aliphatic carbocycles. The van der Waals surface area contributed by atoms with Crippen LogP contribution in [0.2, 0.25) is 0 Å². The number of hydrogen-bond acceptors (Lipinski definition) is 4. The number of rotatable bonds is 5. The predicted molar refractivity (Wildman–Crippen MR) is 79.0 cm³/mol. The van der Waals surface area contributed by atoms with Gasteiger partial charge in [-0.2, -0.15) is 0 Å². The zero-order valence-corrected chi connectivity index (χ0v) is 11.5. The standard InChI is InChI=1S/C16H16N2O3/c19-10-2-1-4-14-5-3-6-15(12-14)21-11-9-18-13-17-8-7-16(18)20/h3,5-8,12-13,19H,2,9-11H2. The minimum Gasteiger partial charge on any atom is -0.492 e. The van der Waals surface area contributed by atoms with Gasteiger partial charge in [0.1, 0.15) is 12.4 Å². The molecular weight excluding hydrogens is 268 g/mol. The largest absolute Gasteiger partial charge is 0.492 e. The topological polar surface area (TPSA) is 64.4 Å². The average molecular weight is 284 g/mol. The minimum atomic E-state index is -0.0998. The van der Waals surface area contributed by atoms with E-state index < -0.39 is 0 Å². The van der Waals surface area contributed by atoms with Gasteiger partial charge in [0.25, 0.3) is 5.56 Å². The maximum absolute atomic E-state index is 11.5. The van der Waals surface area contributed by atoms with Crippen molar-refractivity contribution in [2.75, 3.05) is 13.2 Å². The van der Waals surface area contributed by atoms with E-state index >= 15 is 0 Å². The Balaban J connectivity index is 1.92. The van der Waals surface area contributed by atoms with Crippen molar-refractivity contribution >= 4 is 0 Å². The third-order valence-corrected chi connectivity index (χ3v) is 2.70. The van der Waals surface area contributed by atoms with E-state index in [1.807, 2.05) is 24.3 Å². The molecule has 0 bridgehead atoms. The Morgan fingerprint density at radius 1 is 1.33 bits per heavy atom. The van der Waals surface area contributed by atoms with Crippen LogP contribution < -0.4 is 10.3 Å². The van der Waals surface area contributed by atoms with Crippen LogP contribution in [0.15, 0.2) is 47.7 Å². The van der Waals surface area contributed by atoms with Gasteiger partial charge in [-0.05, 0) is 18.2 Å². The molecule has 1 heterocycles. The lowest BCUT2D eigenvalue weighted by Crippen LogP contribution is -2.22. The average Bonchev–Trinajstić information content (AvgIpc) is 2.50. The quantitative estimate of drug-likeness (QED) is 0.834. The summed E-state index contributed by atoms with van der Waals surface area (Å²) in [7, 11) is 0. The smallest absolute Gasteiger partial charge is 0.253 e. The van der Waals surface area contributed by atoms with Crippen LogP contribution in [0, 0.1) is 11.8 Å². The zero-order chi connectivity index (χ0) is 14.9. The molecule has 0 amide bonds. The summed E-state index contributed by atoms with van der Waals surface area (Å²) in [4.78, 5) is 15.4. The summed E-state index contributed by atoms with van der Waals surface area (Å²) in [6.45, 7) is 0.870. The molecule has 0 saturated carbocycles. The third-order valence-electron chi connectivity index (χ3n) is 2.70. The van der Waals surface area contributed by atoms with Crippen LogP contribution in [0.1, 0.15) is 12.0 Å². The van der Waals surface area contributed by atoms with Crippen LogP contribution in [0.5, 0.6) is 5.75 Å².